The molecule has 2 N–H and O–H groups in total. The van der Waals surface area contributed by atoms with E-state index in [1.165, 1.54) is 20.2 Å². The molecule has 0 aliphatic rings. The van der Waals surface area contributed by atoms with E-state index in [1.54, 1.807) is 19.1 Å². The molecule has 0 aromatic heterocycles. The second-order valence-electron chi connectivity index (χ2n) is 6.73. The molecule has 0 atom stereocenters. The highest BCUT2D eigenvalue weighted by Gasteiger charge is 2.20. The quantitative estimate of drug-likeness (QED) is 0.668. The molecule has 0 unspecified atom stereocenters. The number of fused-ring (bicyclic) bond motifs is 1. The number of carbonyl (C=O) groups is 1. The van der Waals surface area contributed by atoms with Gasteiger partial charge >= 0.3 is 0 Å². The van der Waals surface area contributed by atoms with E-state index in [0.717, 1.165) is 20.8 Å². The van der Waals surface area contributed by atoms with Crippen LogP contribution >= 0.6 is 0 Å². The molecule has 0 spiro atoms. The van der Waals surface area contributed by atoms with Crippen molar-refractivity contribution in [1.82, 2.24) is 4.31 Å². The minimum atomic E-state index is -3.58. The average molecular weight is 398 g/mol. The van der Waals surface area contributed by atoms with Gasteiger partial charge in [-0.05, 0) is 47.5 Å². The summed E-state index contributed by atoms with van der Waals surface area (Å²) in [7, 11) is -0.616. The number of nitrogens with one attached hydrogen (secondary N) is 2. The van der Waals surface area contributed by atoms with Gasteiger partial charge in [0.05, 0.1) is 11.4 Å². The highest BCUT2D eigenvalue weighted by Crippen LogP contribution is 2.22. The highest BCUT2D eigenvalue weighted by atomic mass is 32.2. The Hall–Kier alpha value is -2.90. The van der Waals surface area contributed by atoms with Gasteiger partial charge in [-0.25, -0.2) is 12.7 Å². The van der Waals surface area contributed by atoms with Gasteiger partial charge in [0.1, 0.15) is 0 Å². The number of benzene rings is 3. The van der Waals surface area contributed by atoms with Crippen molar-refractivity contribution in [2.75, 3.05) is 31.3 Å². The molecule has 7 heteroatoms. The molecule has 0 aliphatic carbocycles. The minimum absolute atomic E-state index is 0.0714. The van der Waals surface area contributed by atoms with Crippen molar-refractivity contribution in [1.29, 1.82) is 0 Å². The van der Waals surface area contributed by atoms with Crippen molar-refractivity contribution < 1.29 is 13.2 Å². The fourth-order valence-corrected chi connectivity index (χ4v) is 3.98. The van der Waals surface area contributed by atoms with Crippen LogP contribution in [0.1, 0.15) is 5.56 Å². The molecule has 0 bridgehead atoms. The molecule has 3 aromatic rings. The van der Waals surface area contributed by atoms with Crippen molar-refractivity contribution in [2.45, 2.75) is 11.8 Å². The average Bonchev–Trinajstić information content (AvgIpc) is 2.67. The van der Waals surface area contributed by atoms with Crippen LogP contribution in [0.25, 0.3) is 10.8 Å². The second kappa shape index (κ2) is 8.00. The van der Waals surface area contributed by atoms with E-state index in [0.29, 0.717) is 11.3 Å². The smallest absolute Gasteiger partial charge is 0.243 e. The Kier molecular flexibility index (Phi) is 5.67. The standard InChI is InChI=1S/C21H23N3O3S/c1-15-8-10-19(13-20(15)28(26,27)24(2)3)23-21(25)14-22-18-11-9-16-6-4-5-7-17(16)12-18/h4-13,22H,14H2,1-3H3,(H,23,25). The van der Waals surface area contributed by atoms with E-state index in [4.69, 9.17) is 0 Å². The Morgan fingerprint density at radius 1 is 0.929 bits per heavy atom. The number of rotatable bonds is 6. The summed E-state index contributed by atoms with van der Waals surface area (Å²) in [6, 6.07) is 18.7. The van der Waals surface area contributed by atoms with E-state index < -0.39 is 10.0 Å². The summed E-state index contributed by atoms with van der Waals surface area (Å²) < 4.78 is 26.0. The fourth-order valence-electron chi connectivity index (χ4n) is 2.84. The van der Waals surface area contributed by atoms with Crippen LogP contribution in [0.15, 0.2) is 65.6 Å². The van der Waals surface area contributed by atoms with Crippen LogP contribution in [0.3, 0.4) is 0 Å². The lowest BCUT2D eigenvalue weighted by molar-refractivity contribution is -0.114. The SMILES string of the molecule is Cc1ccc(NC(=O)CNc2ccc3ccccc3c2)cc1S(=O)(=O)N(C)C. The number of amides is 1. The van der Waals surface area contributed by atoms with Gasteiger partial charge in [0.2, 0.25) is 15.9 Å². The number of anilines is 2. The summed E-state index contributed by atoms with van der Waals surface area (Å²) in [5, 5.41) is 8.06. The molecule has 0 fully saturated rings. The van der Waals surface area contributed by atoms with E-state index in [1.807, 2.05) is 42.5 Å². The molecule has 0 heterocycles. The van der Waals surface area contributed by atoms with E-state index in [9.17, 15) is 13.2 Å². The molecule has 1 amide bonds. The first-order chi connectivity index (χ1) is 13.3. The third-order valence-corrected chi connectivity index (χ3v) is 6.39. The van der Waals surface area contributed by atoms with Gasteiger partial charge in [-0.15, -0.1) is 0 Å². The van der Waals surface area contributed by atoms with Gasteiger partial charge in [0.15, 0.2) is 0 Å². The third-order valence-electron chi connectivity index (χ3n) is 4.43. The maximum atomic E-state index is 12.4. The van der Waals surface area contributed by atoms with Crippen LogP contribution in [0.5, 0.6) is 0 Å². The van der Waals surface area contributed by atoms with Crippen LogP contribution in [0.2, 0.25) is 0 Å². The fraction of sp³-hybridized carbons (Fsp3) is 0.190. The first-order valence-electron chi connectivity index (χ1n) is 8.83. The van der Waals surface area contributed by atoms with E-state index >= 15 is 0 Å². The van der Waals surface area contributed by atoms with Crippen molar-refractivity contribution in [3.8, 4) is 0 Å². The number of aryl methyl sites for hydroxylation is 1. The maximum Gasteiger partial charge on any atom is 0.243 e. The molecule has 3 aromatic carbocycles. The van der Waals surface area contributed by atoms with Crippen molar-refractivity contribution in [2.24, 2.45) is 0 Å². The zero-order valence-electron chi connectivity index (χ0n) is 16.1. The molecule has 0 saturated carbocycles. The van der Waals surface area contributed by atoms with Gasteiger partial charge in [0, 0.05) is 25.5 Å². The van der Waals surface area contributed by atoms with Gasteiger partial charge in [-0.2, -0.15) is 0 Å². The monoisotopic (exact) mass is 397 g/mol. The maximum absolute atomic E-state index is 12.4. The Labute approximate surface area is 165 Å². The molecule has 146 valence electrons. The normalized spacial score (nSPS) is 11.6. The lowest BCUT2D eigenvalue weighted by Gasteiger charge is -2.15. The molecular weight excluding hydrogens is 374 g/mol. The first kappa shape index (κ1) is 19.9. The van der Waals surface area contributed by atoms with Crippen molar-refractivity contribution >= 4 is 38.1 Å². The van der Waals surface area contributed by atoms with Crippen LogP contribution in [0, 0.1) is 6.92 Å². The van der Waals surface area contributed by atoms with Gasteiger partial charge < -0.3 is 10.6 Å². The molecule has 0 aliphatic heterocycles. The molecular formula is C21H23N3O3S. The Balaban J connectivity index is 1.69. The number of nitrogens with zero attached hydrogens (tertiary/aromatic N) is 1. The number of sulfonamides is 1. The molecule has 0 radical (unpaired) electrons. The minimum Gasteiger partial charge on any atom is -0.376 e. The van der Waals surface area contributed by atoms with E-state index in [-0.39, 0.29) is 17.3 Å². The third kappa shape index (κ3) is 4.32. The highest BCUT2D eigenvalue weighted by molar-refractivity contribution is 7.89. The zero-order chi connectivity index (χ0) is 20.3. The van der Waals surface area contributed by atoms with Gasteiger partial charge in [0.25, 0.3) is 0 Å². The van der Waals surface area contributed by atoms with Crippen LogP contribution < -0.4 is 10.6 Å². The Morgan fingerprint density at radius 3 is 2.32 bits per heavy atom. The number of hydrogen-bond acceptors (Lipinski definition) is 4. The summed E-state index contributed by atoms with van der Waals surface area (Å²) in [4.78, 5) is 12.5. The zero-order valence-corrected chi connectivity index (χ0v) is 16.9. The predicted molar refractivity (Wildman–Crippen MR) is 113 cm³/mol. The van der Waals surface area contributed by atoms with Gasteiger partial charge in [-0.3, -0.25) is 4.79 Å². The summed E-state index contributed by atoms with van der Waals surface area (Å²) in [6.45, 7) is 1.80. The Morgan fingerprint density at radius 2 is 1.61 bits per heavy atom. The lowest BCUT2D eigenvalue weighted by Crippen LogP contribution is -2.24. The summed E-state index contributed by atoms with van der Waals surface area (Å²) in [5.74, 6) is -0.259. The largest absolute Gasteiger partial charge is 0.376 e. The lowest BCUT2D eigenvalue weighted by atomic mass is 10.1. The Bertz CT molecular complexity index is 1120. The number of carbonyl (C=O) groups excluding carboxylic acids is 1. The number of hydrogen-bond donors (Lipinski definition) is 2. The predicted octanol–water partition coefficient (Wildman–Crippen LogP) is 3.45. The van der Waals surface area contributed by atoms with Crippen molar-refractivity contribution in [3.63, 3.8) is 0 Å². The summed E-state index contributed by atoms with van der Waals surface area (Å²) in [5.41, 5.74) is 1.91. The summed E-state index contributed by atoms with van der Waals surface area (Å²) >= 11 is 0. The van der Waals surface area contributed by atoms with Crippen LogP contribution in [-0.4, -0.2) is 39.3 Å². The first-order valence-corrected chi connectivity index (χ1v) is 10.3. The van der Waals surface area contributed by atoms with Crippen LogP contribution in [-0.2, 0) is 14.8 Å². The molecule has 0 saturated heterocycles. The van der Waals surface area contributed by atoms with Crippen molar-refractivity contribution in [3.05, 3.63) is 66.2 Å². The summed E-state index contributed by atoms with van der Waals surface area (Å²) in [6.07, 6.45) is 0. The molecule has 28 heavy (non-hydrogen) atoms. The van der Waals surface area contributed by atoms with E-state index in [2.05, 4.69) is 10.6 Å². The second-order valence-corrected chi connectivity index (χ2v) is 8.85. The molecule has 3 rings (SSSR count). The molecule has 6 nitrogen and oxygen atoms in total. The topological polar surface area (TPSA) is 78.5 Å². The van der Waals surface area contributed by atoms with Gasteiger partial charge in [-0.1, -0.05) is 36.4 Å². The van der Waals surface area contributed by atoms with Crippen LogP contribution in [0.4, 0.5) is 11.4 Å².